The summed E-state index contributed by atoms with van der Waals surface area (Å²) in [6.07, 6.45) is 1.92. The molecule has 0 saturated heterocycles. The molecular weight excluding hydrogens is 226 g/mol. The highest BCUT2D eigenvalue weighted by atomic mass is 16.1. The van der Waals surface area contributed by atoms with Crippen LogP contribution in [0.5, 0.6) is 0 Å². The lowest BCUT2D eigenvalue weighted by molar-refractivity contribution is 0.345. The topological polar surface area (TPSA) is 52.9 Å². The van der Waals surface area contributed by atoms with E-state index in [2.05, 4.69) is 46.2 Å². The Bertz CT molecular complexity index is 463. The third-order valence-electron chi connectivity index (χ3n) is 3.37. The van der Waals surface area contributed by atoms with Crippen molar-refractivity contribution in [2.24, 2.45) is 0 Å². The van der Waals surface area contributed by atoms with Crippen molar-refractivity contribution in [3.8, 4) is 0 Å². The number of aromatic nitrogens is 2. The van der Waals surface area contributed by atoms with Crippen molar-refractivity contribution in [3.63, 3.8) is 0 Å². The molecule has 18 heavy (non-hydrogen) atoms. The quantitative estimate of drug-likeness (QED) is 0.897. The number of hydrogen-bond acceptors (Lipinski definition) is 2. The number of nitrogen functional groups attached to an aromatic ring is 1. The van der Waals surface area contributed by atoms with Gasteiger partial charge in [-0.2, -0.15) is 0 Å². The van der Waals surface area contributed by atoms with Gasteiger partial charge in [-0.3, -0.25) is 9.48 Å². The molecular formula is C14H27N3O. The minimum Gasteiger partial charge on any atom is -0.393 e. The zero-order chi connectivity index (χ0) is 14.1. The molecule has 1 aromatic rings. The summed E-state index contributed by atoms with van der Waals surface area (Å²) < 4.78 is 3.92. The molecule has 1 atom stereocenters. The summed E-state index contributed by atoms with van der Waals surface area (Å²) in [5.74, 6) is 0. The number of rotatable bonds is 4. The molecule has 4 nitrogen and oxygen atoms in total. The average Bonchev–Trinajstić information content (AvgIpc) is 2.50. The van der Waals surface area contributed by atoms with Crippen molar-refractivity contribution >= 4 is 5.69 Å². The lowest BCUT2D eigenvalue weighted by Gasteiger charge is -2.25. The zero-order valence-corrected chi connectivity index (χ0v) is 12.6. The number of nitrogens with two attached hydrogens (primary N) is 1. The second kappa shape index (κ2) is 5.21. The van der Waals surface area contributed by atoms with Gasteiger partial charge in [0.2, 0.25) is 0 Å². The molecule has 1 heterocycles. The summed E-state index contributed by atoms with van der Waals surface area (Å²) in [7, 11) is 0. The fourth-order valence-electron chi connectivity index (χ4n) is 2.41. The van der Waals surface area contributed by atoms with Crippen LogP contribution >= 0.6 is 0 Å². The molecule has 0 radical (unpaired) electrons. The van der Waals surface area contributed by atoms with Crippen LogP contribution in [0.2, 0.25) is 0 Å². The largest absolute Gasteiger partial charge is 0.393 e. The van der Waals surface area contributed by atoms with E-state index in [1.54, 1.807) is 0 Å². The van der Waals surface area contributed by atoms with Crippen LogP contribution in [0.25, 0.3) is 0 Å². The summed E-state index contributed by atoms with van der Waals surface area (Å²) in [4.78, 5) is 12.3. The van der Waals surface area contributed by atoms with E-state index in [0.717, 1.165) is 25.1 Å². The molecule has 0 fully saturated rings. The molecule has 0 bridgehead atoms. The van der Waals surface area contributed by atoms with Crippen molar-refractivity contribution in [3.05, 3.63) is 16.0 Å². The van der Waals surface area contributed by atoms with E-state index in [1.807, 2.05) is 4.68 Å². The molecule has 0 aromatic carbocycles. The highest BCUT2D eigenvalue weighted by molar-refractivity contribution is 5.45. The molecule has 104 valence electrons. The van der Waals surface area contributed by atoms with Crippen LogP contribution < -0.4 is 11.3 Å². The Balaban J connectivity index is 3.58. The molecule has 0 saturated carbocycles. The van der Waals surface area contributed by atoms with Gasteiger partial charge < -0.3 is 5.73 Å². The number of anilines is 1. The van der Waals surface area contributed by atoms with Gasteiger partial charge in [-0.15, -0.1) is 0 Å². The second-order valence-electron chi connectivity index (χ2n) is 6.04. The summed E-state index contributed by atoms with van der Waals surface area (Å²) in [5.41, 5.74) is 7.29. The Morgan fingerprint density at radius 2 is 1.83 bits per heavy atom. The Morgan fingerprint density at radius 1 is 1.28 bits per heavy atom. The first kappa shape index (κ1) is 14.9. The van der Waals surface area contributed by atoms with Gasteiger partial charge in [-0.1, -0.05) is 34.6 Å². The van der Waals surface area contributed by atoms with Crippen LogP contribution in [0.4, 0.5) is 5.69 Å². The minimum absolute atomic E-state index is 0.0391. The smallest absolute Gasteiger partial charge is 0.290 e. The van der Waals surface area contributed by atoms with Gasteiger partial charge in [-0.05, 0) is 19.8 Å². The molecule has 0 aliphatic heterocycles. The molecule has 1 aromatic heterocycles. The van der Waals surface area contributed by atoms with Crippen molar-refractivity contribution in [1.29, 1.82) is 0 Å². The molecule has 0 amide bonds. The van der Waals surface area contributed by atoms with E-state index < -0.39 is 0 Å². The molecule has 4 heteroatoms. The van der Waals surface area contributed by atoms with Gasteiger partial charge in [0.15, 0.2) is 0 Å². The van der Waals surface area contributed by atoms with Crippen LogP contribution in [0, 0.1) is 0 Å². The summed E-state index contributed by atoms with van der Waals surface area (Å²) in [6, 6.07) is 0.183. The van der Waals surface area contributed by atoms with E-state index >= 15 is 0 Å². The van der Waals surface area contributed by atoms with E-state index in [1.165, 1.54) is 0 Å². The SMILES string of the molecule is CCCn1c(C(C)(C)C)c(N)c(=O)n1C(C)CC. The van der Waals surface area contributed by atoms with Crippen molar-refractivity contribution in [2.75, 3.05) is 5.73 Å². The molecule has 0 aliphatic carbocycles. The monoisotopic (exact) mass is 253 g/mol. The normalized spacial score (nSPS) is 13.9. The fraction of sp³-hybridized carbons (Fsp3) is 0.786. The van der Waals surface area contributed by atoms with Gasteiger partial charge in [-0.25, -0.2) is 4.68 Å². The average molecular weight is 253 g/mol. The standard InChI is InChI=1S/C14H27N3O/c1-7-9-16-12(14(4,5)6)11(15)13(18)17(16)10(3)8-2/h10H,7-9,15H2,1-6H3. The molecule has 1 rings (SSSR count). The van der Waals surface area contributed by atoms with Crippen LogP contribution in [-0.4, -0.2) is 9.36 Å². The van der Waals surface area contributed by atoms with Crippen LogP contribution in [0.1, 0.15) is 66.1 Å². The Kier molecular flexibility index (Phi) is 4.30. The minimum atomic E-state index is -0.114. The molecule has 0 spiro atoms. The van der Waals surface area contributed by atoms with Crippen molar-refractivity contribution < 1.29 is 0 Å². The van der Waals surface area contributed by atoms with E-state index in [0.29, 0.717) is 5.69 Å². The van der Waals surface area contributed by atoms with E-state index in [-0.39, 0.29) is 17.0 Å². The van der Waals surface area contributed by atoms with Crippen LogP contribution in [0.3, 0.4) is 0 Å². The predicted molar refractivity (Wildman–Crippen MR) is 77.1 cm³/mol. The number of nitrogens with zero attached hydrogens (tertiary/aromatic N) is 2. The summed E-state index contributed by atoms with van der Waals surface area (Å²) in [6.45, 7) is 13.4. The van der Waals surface area contributed by atoms with Crippen molar-refractivity contribution in [1.82, 2.24) is 9.36 Å². The Labute approximate surface area is 110 Å². The first-order valence-corrected chi connectivity index (χ1v) is 6.86. The third kappa shape index (κ3) is 2.47. The Morgan fingerprint density at radius 3 is 2.22 bits per heavy atom. The number of hydrogen-bond donors (Lipinski definition) is 1. The zero-order valence-electron chi connectivity index (χ0n) is 12.6. The fourth-order valence-corrected chi connectivity index (χ4v) is 2.41. The maximum absolute atomic E-state index is 12.3. The van der Waals surface area contributed by atoms with Crippen LogP contribution in [0.15, 0.2) is 4.79 Å². The maximum Gasteiger partial charge on any atom is 0.290 e. The van der Waals surface area contributed by atoms with Gasteiger partial charge in [0, 0.05) is 12.0 Å². The third-order valence-corrected chi connectivity index (χ3v) is 3.37. The summed E-state index contributed by atoms with van der Waals surface area (Å²) >= 11 is 0. The maximum atomic E-state index is 12.3. The van der Waals surface area contributed by atoms with Crippen molar-refractivity contribution in [2.45, 2.75) is 72.4 Å². The summed E-state index contributed by atoms with van der Waals surface area (Å²) in [5, 5.41) is 0. The highest BCUT2D eigenvalue weighted by Crippen LogP contribution is 2.28. The lowest BCUT2D eigenvalue weighted by atomic mass is 9.91. The van der Waals surface area contributed by atoms with E-state index in [9.17, 15) is 4.79 Å². The highest BCUT2D eigenvalue weighted by Gasteiger charge is 2.28. The van der Waals surface area contributed by atoms with Gasteiger partial charge in [0.25, 0.3) is 5.56 Å². The molecule has 0 aliphatic rings. The van der Waals surface area contributed by atoms with E-state index in [4.69, 9.17) is 5.73 Å². The van der Waals surface area contributed by atoms with Crippen LogP contribution in [-0.2, 0) is 12.0 Å². The predicted octanol–water partition coefficient (Wildman–Crippen LogP) is 2.91. The lowest BCUT2D eigenvalue weighted by Crippen LogP contribution is -2.28. The van der Waals surface area contributed by atoms with Gasteiger partial charge >= 0.3 is 0 Å². The molecule has 2 N–H and O–H groups in total. The first-order valence-electron chi connectivity index (χ1n) is 6.86. The molecule has 1 unspecified atom stereocenters. The van der Waals surface area contributed by atoms with Gasteiger partial charge in [0.1, 0.15) is 5.69 Å². The first-order chi connectivity index (χ1) is 8.25. The van der Waals surface area contributed by atoms with Gasteiger partial charge in [0.05, 0.1) is 11.7 Å². The Hall–Kier alpha value is -1.19. The second-order valence-corrected chi connectivity index (χ2v) is 6.04.